The van der Waals surface area contributed by atoms with Crippen molar-refractivity contribution in [2.45, 2.75) is 6.54 Å². The first kappa shape index (κ1) is 20.1. The lowest BCUT2D eigenvalue weighted by molar-refractivity contribution is 0.0728. The number of carbonyl (C=O) groups excluding carboxylic acids is 1. The van der Waals surface area contributed by atoms with Crippen LogP contribution in [0.1, 0.15) is 15.9 Å². The summed E-state index contributed by atoms with van der Waals surface area (Å²) in [5, 5.41) is 0.675. The van der Waals surface area contributed by atoms with Crippen molar-refractivity contribution in [2.75, 3.05) is 41.4 Å². The van der Waals surface area contributed by atoms with Crippen LogP contribution in [0.2, 0.25) is 5.02 Å². The number of benzene rings is 2. The van der Waals surface area contributed by atoms with Gasteiger partial charge in [0.25, 0.3) is 5.91 Å². The Labute approximate surface area is 160 Å². The lowest BCUT2D eigenvalue weighted by Gasteiger charge is -2.25. The highest BCUT2D eigenvalue weighted by Gasteiger charge is 2.22. The highest BCUT2D eigenvalue weighted by molar-refractivity contribution is 6.30. The summed E-state index contributed by atoms with van der Waals surface area (Å²) in [4.78, 5) is 17.1. The number of hydrogen-bond acceptors (Lipinski definition) is 4. The molecule has 0 saturated heterocycles. The van der Waals surface area contributed by atoms with Crippen molar-refractivity contribution < 1.29 is 14.3 Å². The molecule has 0 aromatic heterocycles. The average molecular weight is 377 g/mol. The van der Waals surface area contributed by atoms with Crippen LogP contribution in [0.4, 0.5) is 0 Å². The Bertz CT molecular complexity index is 732. The maximum Gasteiger partial charge on any atom is 0.258 e. The van der Waals surface area contributed by atoms with E-state index in [9.17, 15) is 4.79 Å². The van der Waals surface area contributed by atoms with E-state index >= 15 is 0 Å². The van der Waals surface area contributed by atoms with Crippen LogP contribution < -0.4 is 9.47 Å². The summed E-state index contributed by atoms with van der Waals surface area (Å²) >= 11 is 5.96. The fraction of sp³-hybridized carbons (Fsp3) is 0.350. The Hall–Kier alpha value is -2.24. The third-order valence-corrected chi connectivity index (χ3v) is 4.28. The van der Waals surface area contributed by atoms with E-state index in [0.29, 0.717) is 35.2 Å². The van der Waals surface area contributed by atoms with Gasteiger partial charge < -0.3 is 19.3 Å². The second-order valence-corrected chi connectivity index (χ2v) is 6.63. The standard InChI is InChI=1S/C20H25ClN2O3/c1-22(2)12-13-23(14-15-8-10-16(21)11-9-15)20(24)17-6-5-7-18(25-3)19(17)26-4/h5-11H,12-14H2,1-4H3. The molecule has 6 heteroatoms. The molecule has 2 aromatic carbocycles. The molecule has 140 valence electrons. The van der Waals surface area contributed by atoms with Crippen LogP contribution in [-0.2, 0) is 6.54 Å². The molecule has 0 fully saturated rings. The summed E-state index contributed by atoms with van der Waals surface area (Å²) in [6, 6.07) is 12.9. The minimum absolute atomic E-state index is 0.0995. The number of likely N-dealkylation sites (N-methyl/N-ethyl adjacent to an activating group) is 1. The minimum atomic E-state index is -0.0995. The van der Waals surface area contributed by atoms with E-state index in [4.69, 9.17) is 21.1 Å². The van der Waals surface area contributed by atoms with Gasteiger partial charge in [-0.2, -0.15) is 0 Å². The van der Waals surface area contributed by atoms with Crippen LogP contribution in [-0.4, -0.2) is 57.1 Å². The van der Waals surface area contributed by atoms with E-state index in [-0.39, 0.29) is 5.91 Å². The Balaban J connectivity index is 2.31. The van der Waals surface area contributed by atoms with Gasteiger partial charge in [0.1, 0.15) is 0 Å². The molecular formula is C20H25ClN2O3. The zero-order valence-electron chi connectivity index (χ0n) is 15.7. The van der Waals surface area contributed by atoms with Crippen molar-refractivity contribution in [1.29, 1.82) is 0 Å². The van der Waals surface area contributed by atoms with Crippen molar-refractivity contribution in [2.24, 2.45) is 0 Å². The van der Waals surface area contributed by atoms with Crippen LogP contribution >= 0.6 is 11.6 Å². The zero-order valence-corrected chi connectivity index (χ0v) is 16.4. The second kappa shape index (κ2) is 9.46. The average Bonchev–Trinajstić information content (AvgIpc) is 2.65. The Morgan fingerprint density at radius 3 is 2.27 bits per heavy atom. The van der Waals surface area contributed by atoms with Gasteiger partial charge in [-0.3, -0.25) is 4.79 Å². The molecule has 0 aliphatic heterocycles. The molecule has 0 radical (unpaired) electrons. The molecule has 0 N–H and O–H groups in total. The summed E-state index contributed by atoms with van der Waals surface area (Å²) in [6.07, 6.45) is 0. The first-order chi connectivity index (χ1) is 12.5. The van der Waals surface area contributed by atoms with E-state index < -0.39 is 0 Å². The number of para-hydroxylation sites is 1. The third-order valence-electron chi connectivity index (χ3n) is 4.02. The lowest BCUT2D eigenvalue weighted by Crippen LogP contribution is -2.36. The molecule has 0 bridgehead atoms. The molecule has 0 unspecified atom stereocenters. The van der Waals surface area contributed by atoms with Crippen LogP contribution in [0.15, 0.2) is 42.5 Å². The van der Waals surface area contributed by atoms with Gasteiger partial charge in [-0.25, -0.2) is 0 Å². The molecule has 2 aromatic rings. The monoisotopic (exact) mass is 376 g/mol. The number of nitrogens with zero attached hydrogens (tertiary/aromatic N) is 2. The topological polar surface area (TPSA) is 42.0 Å². The van der Waals surface area contributed by atoms with Crippen LogP contribution in [0.3, 0.4) is 0 Å². The molecule has 0 spiro atoms. The summed E-state index contributed by atoms with van der Waals surface area (Å²) in [5.74, 6) is 0.890. The Kier molecular flexibility index (Phi) is 7.30. The highest BCUT2D eigenvalue weighted by atomic mass is 35.5. The summed E-state index contributed by atoms with van der Waals surface area (Å²) in [7, 11) is 7.07. The van der Waals surface area contributed by atoms with E-state index in [1.54, 1.807) is 30.2 Å². The third kappa shape index (κ3) is 5.13. The number of ether oxygens (including phenoxy) is 2. The van der Waals surface area contributed by atoms with Gasteiger partial charge in [0.15, 0.2) is 11.5 Å². The Morgan fingerprint density at radius 1 is 1.00 bits per heavy atom. The predicted molar refractivity (Wildman–Crippen MR) is 104 cm³/mol. The van der Waals surface area contributed by atoms with Gasteiger partial charge in [-0.1, -0.05) is 29.8 Å². The molecule has 1 amide bonds. The van der Waals surface area contributed by atoms with Crippen LogP contribution in [0.5, 0.6) is 11.5 Å². The van der Waals surface area contributed by atoms with Gasteiger partial charge in [0.05, 0.1) is 19.8 Å². The molecule has 5 nitrogen and oxygen atoms in total. The van der Waals surface area contributed by atoms with Crippen LogP contribution in [0.25, 0.3) is 0 Å². The molecule has 0 atom stereocenters. The fourth-order valence-corrected chi connectivity index (χ4v) is 2.74. The summed E-state index contributed by atoms with van der Waals surface area (Å²) in [6.45, 7) is 1.84. The van der Waals surface area contributed by atoms with Crippen molar-refractivity contribution in [1.82, 2.24) is 9.80 Å². The van der Waals surface area contributed by atoms with E-state index in [2.05, 4.69) is 0 Å². The molecular weight excluding hydrogens is 352 g/mol. The summed E-state index contributed by atoms with van der Waals surface area (Å²) in [5.41, 5.74) is 1.50. The van der Waals surface area contributed by atoms with Gasteiger partial charge >= 0.3 is 0 Å². The van der Waals surface area contributed by atoms with Crippen LogP contribution in [0, 0.1) is 0 Å². The normalized spacial score (nSPS) is 10.7. The van der Waals surface area contributed by atoms with Crippen molar-refractivity contribution in [3.63, 3.8) is 0 Å². The lowest BCUT2D eigenvalue weighted by atomic mass is 10.1. The number of methoxy groups -OCH3 is 2. The van der Waals surface area contributed by atoms with Crippen molar-refractivity contribution in [3.05, 3.63) is 58.6 Å². The number of hydrogen-bond donors (Lipinski definition) is 0. The summed E-state index contributed by atoms with van der Waals surface area (Å²) < 4.78 is 10.7. The predicted octanol–water partition coefficient (Wildman–Crippen LogP) is 3.56. The maximum atomic E-state index is 13.2. The highest BCUT2D eigenvalue weighted by Crippen LogP contribution is 2.31. The maximum absolute atomic E-state index is 13.2. The quantitative estimate of drug-likeness (QED) is 0.706. The van der Waals surface area contributed by atoms with Gasteiger partial charge in [-0.15, -0.1) is 0 Å². The van der Waals surface area contributed by atoms with E-state index in [1.165, 1.54) is 7.11 Å². The number of rotatable bonds is 8. The SMILES string of the molecule is COc1cccc(C(=O)N(CCN(C)C)Cc2ccc(Cl)cc2)c1OC. The van der Waals surface area contributed by atoms with Crippen molar-refractivity contribution >= 4 is 17.5 Å². The molecule has 2 rings (SSSR count). The first-order valence-corrected chi connectivity index (χ1v) is 8.73. The Morgan fingerprint density at radius 2 is 1.69 bits per heavy atom. The molecule has 0 heterocycles. The zero-order chi connectivity index (χ0) is 19.1. The first-order valence-electron chi connectivity index (χ1n) is 8.35. The van der Waals surface area contributed by atoms with E-state index in [0.717, 1.165) is 12.1 Å². The smallest absolute Gasteiger partial charge is 0.258 e. The molecule has 0 saturated carbocycles. The van der Waals surface area contributed by atoms with Gasteiger partial charge in [0.2, 0.25) is 0 Å². The van der Waals surface area contributed by atoms with E-state index in [1.807, 2.05) is 43.3 Å². The number of halogens is 1. The largest absolute Gasteiger partial charge is 0.493 e. The molecule has 0 aliphatic carbocycles. The second-order valence-electron chi connectivity index (χ2n) is 6.20. The van der Waals surface area contributed by atoms with Crippen molar-refractivity contribution in [3.8, 4) is 11.5 Å². The number of amides is 1. The minimum Gasteiger partial charge on any atom is -0.493 e. The number of carbonyl (C=O) groups is 1. The fourth-order valence-electron chi connectivity index (χ4n) is 2.61. The molecule has 26 heavy (non-hydrogen) atoms. The molecule has 0 aliphatic rings. The van der Waals surface area contributed by atoms with Gasteiger partial charge in [0, 0.05) is 24.7 Å². The van der Waals surface area contributed by atoms with Gasteiger partial charge in [-0.05, 0) is 43.9 Å².